The van der Waals surface area contributed by atoms with Crippen molar-refractivity contribution < 1.29 is 0 Å². The maximum absolute atomic E-state index is 6.26. The van der Waals surface area contributed by atoms with Crippen molar-refractivity contribution in [3.8, 4) is 56.4 Å². The Morgan fingerprint density at radius 1 is 0.351 bits per heavy atom. The van der Waals surface area contributed by atoms with Crippen LogP contribution in [0.5, 0.6) is 0 Å². The van der Waals surface area contributed by atoms with Gasteiger partial charge in [-0.05, 0) is 34.9 Å². The van der Waals surface area contributed by atoms with Crippen molar-refractivity contribution in [1.29, 1.82) is 0 Å². The average molecular weight is 497 g/mol. The molecule has 0 spiro atoms. The zero-order valence-electron chi connectivity index (χ0n) is 19.8. The van der Waals surface area contributed by atoms with E-state index in [1.807, 2.05) is 78.9 Å². The van der Waals surface area contributed by atoms with Crippen LogP contribution in [0.15, 0.2) is 127 Å². The molecule has 0 fully saturated rings. The molecular weight excluding hydrogens is 476 g/mol. The van der Waals surface area contributed by atoms with Gasteiger partial charge in [-0.3, -0.25) is 0 Å². The minimum atomic E-state index is 0.169. The Balaban J connectivity index is 1.40. The predicted octanol–water partition coefficient (Wildman–Crippen LogP) is 8.26. The first-order chi connectivity index (χ1) is 18.2. The molecule has 0 N–H and O–H groups in total. The molecule has 5 heteroatoms. The summed E-state index contributed by atoms with van der Waals surface area (Å²) in [5.41, 5.74) is 7.92. The zero-order valence-corrected chi connectivity index (χ0v) is 20.5. The molecule has 0 bridgehead atoms. The van der Waals surface area contributed by atoms with Crippen LogP contribution < -0.4 is 0 Å². The van der Waals surface area contributed by atoms with Crippen LogP contribution >= 0.6 is 11.6 Å². The van der Waals surface area contributed by atoms with Gasteiger partial charge in [-0.2, -0.15) is 9.97 Å². The number of rotatable bonds is 5. The molecule has 2 heterocycles. The minimum Gasteiger partial charge on any atom is -0.248 e. The van der Waals surface area contributed by atoms with E-state index in [4.69, 9.17) is 16.6 Å². The Bertz CT molecular complexity index is 1600. The van der Waals surface area contributed by atoms with Gasteiger partial charge in [0.1, 0.15) is 0 Å². The number of pyridine rings is 1. The van der Waals surface area contributed by atoms with E-state index in [0.717, 1.165) is 44.8 Å². The van der Waals surface area contributed by atoms with Gasteiger partial charge in [-0.1, -0.05) is 115 Å². The summed E-state index contributed by atoms with van der Waals surface area (Å²) in [6, 6.07) is 42.7. The molecule has 37 heavy (non-hydrogen) atoms. The number of aromatic nitrogens is 4. The molecule has 0 saturated heterocycles. The van der Waals surface area contributed by atoms with Crippen LogP contribution in [0.1, 0.15) is 0 Å². The third kappa shape index (κ3) is 5.01. The van der Waals surface area contributed by atoms with Gasteiger partial charge in [0, 0.05) is 22.3 Å². The Labute approximate surface area is 220 Å². The molecule has 6 rings (SSSR count). The van der Waals surface area contributed by atoms with Crippen LogP contribution in [0, 0.1) is 0 Å². The number of hydrogen-bond acceptors (Lipinski definition) is 4. The van der Waals surface area contributed by atoms with Gasteiger partial charge in [-0.25, -0.2) is 9.97 Å². The van der Waals surface area contributed by atoms with Gasteiger partial charge in [0.15, 0.2) is 11.6 Å². The summed E-state index contributed by atoms with van der Waals surface area (Å²) < 4.78 is 0. The summed E-state index contributed by atoms with van der Waals surface area (Å²) in [5, 5.41) is 0.169. The molecule has 0 aliphatic carbocycles. The Morgan fingerprint density at radius 2 is 0.757 bits per heavy atom. The third-order valence-electron chi connectivity index (χ3n) is 6.08. The van der Waals surface area contributed by atoms with Gasteiger partial charge in [0.25, 0.3) is 0 Å². The van der Waals surface area contributed by atoms with Gasteiger partial charge in [0.05, 0.1) is 11.4 Å². The summed E-state index contributed by atoms with van der Waals surface area (Å²) in [6.07, 6.45) is 0. The van der Waals surface area contributed by atoms with Crippen molar-refractivity contribution in [3.63, 3.8) is 0 Å². The summed E-state index contributed by atoms with van der Waals surface area (Å²) >= 11 is 6.26. The second-order valence-corrected chi connectivity index (χ2v) is 8.89. The summed E-state index contributed by atoms with van der Waals surface area (Å²) in [4.78, 5) is 18.3. The molecule has 0 atom stereocenters. The maximum atomic E-state index is 6.26. The first kappa shape index (κ1) is 22.8. The zero-order chi connectivity index (χ0) is 25.0. The fraction of sp³-hybridized carbons (Fsp3) is 0. The van der Waals surface area contributed by atoms with E-state index in [-0.39, 0.29) is 5.28 Å². The number of hydrogen-bond donors (Lipinski definition) is 0. The topological polar surface area (TPSA) is 51.6 Å². The lowest BCUT2D eigenvalue weighted by Crippen LogP contribution is -1.97. The molecule has 0 unspecified atom stereocenters. The second-order valence-electron chi connectivity index (χ2n) is 8.55. The highest BCUT2D eigenvalue weighted by Crippen LogP contribution is 2.31. The van der Waals surface area contributed by atoms with Crippen molar-refractivity contribution in [2.24, 2.45) is 0 Å². The molecule has 4 aromatic carbocycles. The van der Waals surface area contributed by atoms with E-state index in [2.05, 4.69) is 63.5 Å². The van der Waals surface area contributed by atoms with Crippen LogP contribution in [0.3, 0.4) is 0 Å². The van der Waals surface area contributed by atoms with E-state index >= 15 is 0 Å². The van der Waals surface area contributed by atoms with Gasteiger partial charge in [-0.15, -0.1) is 0 Å². The third-order valence-corrected chi connectivity index (χ3v) is 6.25. The first-order valence-corrected chi connectivity index (χ1v) is 12.3. The van der Waals surface area contributed by atoms with E-state index in [1.165, 1.54) is 0 Å². The lowest BCUT2D eigenvalue weighted by atomic mass is 9.99. The number of halogens is 1. The van der Waals surface area contributed by atoms with Crippen LogP contribution in [-0.4, -0.2) is 19.9 Å². The number of benzene rings is 4. The lowest BCUT2D eigenvalue weighted by molar-refractivity contribution is 1.07. The van der Waals surface area contributed by atoms with Crippen LogP contribution in [0.25, 0.3) is 56.4 Å². The lowest BCUT2D eigenvalue weighted by Gasteiger charge is -2.11. The van der Waals surface area contributed by atoms with E-state index in [9.17, 15) is 0 Å². The van der Waals surface area contributed by atoms with Crippen LogP contribution in [0.2, 0.25) is 5.28 Å². The molecule has 0 radical (unpaired) electrons. The van der Waals surface area contributed by atoms with Crippen molar-refractivity contribution in [1.82, 2.24) is 19.9 Å². The van der Waals surface area contributed by atoms with E-state index in [1.54, 1.807) is 0 Å². The highest BCUT2D eigenvalue weighted by molar-refractivity contribution is 6.28. The first-order valence-electron chi connectivity index (χ1n) is 11.9. The largest absolute Gasteiger partial charge is 0.248 e. The Hall–Kier alpha value is -4.67. The average Bonchev–Trinajstić information content (AvgIpc) is 2.98. The summed E-state index contributed by atoms with van der Waals surface area (Å²) in [7, 11) is 0. The van der Waals surface area contributed by atoms with E-state index in [0.29, 0.717) is 11.6 Å². The van der Waals surface area contributed by atoms with Gasteiger partial charge < -0.3 is 0 Å². The molecule has 0 aliphatic heterocycles. The normalized spacial score (nSPS) is 10.8. The smallest absolute Gasteiger partial charge is 0.226 e. The van der Waals surface area contributed by atoms with Crippen LogP contribution in [0.4, 0.5) is 0 Å². The minimum absolute atomic E-state index is 0.169. The summed E-state index contributed by atoms with van der Waals surface area (Å²) in [6.45, 7) is 0. The van der Waals surface area contributed by atoms with Gasteiger partial charge in [0.2, 0.25) is 5.28 Å². The second kappa shape index (κ2) is 10.1. The molecular formula is C32H21ClN4. The highest BCUT2D eigenvalue weighted by Gasteiger charge is 2.12. The number of nitrogens with zero attached hydrogens (tertiary/aromatic N) is 4. The fourth-order valence-corrected chi connectivity index (χ4v) is 4.38. The van der Waals surface area contributed by atoms with Crippen molar-refractivity contribution in [2.45, 2.75) is 0 Å². The summed E-state index contributed by atoms with van der Waals surface area (Å²) in [5.74, 6) is 1.09. The standard InChI is InChI=1S/C32H21ClN4/c33-32-36-30(25-14-8-3-9-15-25)35-31(37-32)26-18-16-22(17-19-26)27-20-28(23-10-4-1-5-11-23)34-29(21-27)24-12-6-2-7-13-24/h1-21H. The molecule has 176 valence electrons. The molecule has 0 saturated carbocycles. The molecule has 4 nitrogen and oxygen atoms in total. The monoisotopic (exact) mass is 496 g/mol. The molecule has 0 aliphatic rings. The maximum Gasteiger partial charge on any atom is 0.226 e. The van der Waals surface area contributed by atoms with Crippen molar-refractivity contribution >= 4 is 11.6 Å². The Kier molecular flexibility index (Phi) is 6.24. The van der Waals surface area contributed by atoms with E-state index < -0.39 is 0 Å². The fourth-order valence-electron chi connectivity index (χ4n) is 4.22. The van der Waals surface area contributed by atoms with Crippen molar-refractivity contribution in [3.05, 3.63) is 133 Å². The molecule has 0 amide bonds. The molecule has 6 aromatic rings. The van der Waals surface area contributed by atoms with Crippen LogP contribution in [-0.2, 0) is 0 Å². The molecule has 2 aromatic heterocycles. The quantitative estimate of drug-likeness (QED) is 0.241. The highest BCUT2D eigenvalue weighted by atomic mass is 35.5. The SMILES string of the molecule is Clc1nc(-c2ccccc2)nc(-c2ccc(-c3cc(-c4ccccc4)nc(-c4ccccc4)c3)cc2)n1. The van der Waals surface area contributed by atoms with Gasteiger partial charge >= 0.3 is 0 Å². The van der Waals surface area contributed by atoms with Crippen molar-refractivity contribution in [2.75, 3.05) is 0 Å². The Morgan fingerprint density at radius 3 is 1.24 bits per heavy atom. The predicted molar refractivity (Wildman–Crippen MR) is 150 cm³/mol.